The maximum absolute atomic E-state index is 2.80. The number of rotatable bonds is 2. The Morgan fingerprint density at radius 2 is 1.82 bits per heavy atom. The SMILES string of the molecule is CC.CC(C)C[C@]12C[C@H](C)CN1CCC2(C)C. The second-order valence-electron chi connectivity index (χ2n) is 7.02. The first kappa shape index (κ1) is 15.0. The molecule has 2 rings (SSSR count). The minimum Gasteiger partial charge on any atom is -0.297 e. The summed E-state index contributed by atoms with van der Waals surface area (Å²) < 4.78 is 0. The molecule has 0 aliphatic carbocycles. The molecule has 17 heavy (non-hydrogen) atoms. The third-order valence-corrected chi connectivity index (χ3v) is 4.84. The molecule has 2 atom stereocenters. The molecule has 0 amide bonds. The van der Waals surface area contributed by atoms with Crippen molar-refractivity contribution >= 4 is 0 Å². The van der Waals surface area contributed by atoms with Crippen molar-refractivity contribution in [3.63, 3.8) is 0 Å². The summed E-state index contributed by atoms with van der Waals surface area (Å²) in [5, 5.41) is 0. The molecule has 0 unspecified atom stereocenters. The zero-order valence-electron chi connectivity index (χ0n) is 13.1. The Hall–Kier alpha value is -0.0400. The van der Waals surface area contributed by atoms with Gasteiger partial charge in [-0.2, -0.15) is 0 Å². The van der Waals surface area contributed by atoms with E-state index in [-0.39, 0.29) is 0 Å². The van der Waals surface area contributed by atoms with Crippen molar-refractivity contribution in [2.24, 2.45) is 17.3 Å². The summed E-state index contributed by atoms with van der Waals surface area (Å²) in [7, 11) is 0. The van der Waals surface area contributed by atoms with Crippen molar-refractivity contribution in [2.45, 2.75) is 73.3 Å². The average molecular weight is 239 g/mol. The van der Waals surface area contributed by atoms with E-state index >= 15 is 0 Å². The van der Waals surface area contributed by atoms with E-state index in [0.29, 0.717) is 11.0 Å². The predicted octanol–water partition coefficient (Wildman–Crippen LogP) is 4.57. The second-order valence-corrected chi connectivity index (χ2v) is 7.02. The quantitative estimate of drug-likeness (QED) is 0.682. The van der Waals surface area contributed by atoms with E-state index in [9.17, 15) is 0 Å². The third-order valence-electron chi connectivity index (χ3n) is 4.84. The van der Waals surface area contributed by atoms with Crippen LogP contribution in [0.25, 0.3) is 0 Å². The molecule has 0 bridgehead atoms. The first-order chi connectivity index (χ1) is 7.87. The van der Waals surface area contributed by atoms with E-state index in [0.717, 1.165) is 11.8 Å². The maximum Gasteiger partial charge on any atom is 0.0266 e. The summed E-state index contributed by atoms with van der Waals surface area (Å²) in [5.74, 6) is 1.73. The van der Waals surface area contributed by atoms with Gasteiger partial charge in [0.05, 0.1) is 0 Å². The molecule has 0 aromatic carbocycles. The molecular weight excluding hydrogens is 206 g/mol. The maximum atomic E-state index is 2.80. The van der Waals surface area contributed by atoms with Crippen molar-refractivity contribution in [3.8, 4) is 0 Å². The van der Waals surface area contributed by atoms with Crippen LogP contribution in [0.2, 0.25) is 0 Å². The van der Waals surface area contributed by atoms with Crippen LogP contribution in [-0.4, -0.2) is 23.5 Å². The molecule has 0 N–H and O–H groups in total. The highest BCUT2D eigenvalue weighted by Gasteiger charge is 2.57. The molecular formula is C16H33N. The van der Waals surface area contributed by atoms with Gasteiger partial charge in [0.15, 0.2) is 0 Å². The van der Waals surface area contributed by atoms with Crippen LogP contribution in [0, 0.1) is 17.3 Å². The van der Waals surface area contributed by atoms with Gasteiger partial charge in [-0.1, -0.05) is 48.5 Å². The molecule has 0 radical (unpaired) electrons. The minimum atomic E-state index is 0.528. The Morgan fingerprint density at radius 3 is 2.35 bits per heavy atom. The monoisotopic (exact) mass is 239 g/mol. The van der Waals surface area contributed by atoms with Crippen LogP contribution in [0.5, 0.6) is 0 Å². The Bertz CT molecular complexity index is 244. The zero-order valence-corrected chi connectivity index (χ0v) is 13.1. The minimum absolute atomic E-state index is 0.528. The highest BCUT2D eigenvalue weighted by atomic mass is 15.3. The Labute approximate surface area is 109 Å². The van der Waals surface area contributed by atoms with Gasteiger partial charge >= 0.3 is 0 Å². The van der Waals surface area contributed by atoms with E-state index in [1.54, 1.807) is 0 Å². The summed E-state index contributed by atoms with van der Waals surface area (Å²) in [4.78, 5) is 2.80. The molecule has 2 saturated heterocycles. The smallest absolute Gasteiger partial charge is 0.0266 e. The lowest BCUT2D eigenvalue weighted by Crippen LogP contribution is -2.48. The summed E-state index contributed by atoms with van der Waals surface area (Å²) in [6.07, 6.45) is 4.22. The van der Waals surface area contributed by atoms with Crippen LogP contribution in [0.1, 0.15) is 67.7 Å². The Balaban J connectivity index is 0.000000686. The van der Waals surface area contributed by atoms with Gasteiger partial charge in [0.1, 0.15) is 0 Å². The summed E-state index contributed by atoms with van der Waals surface area (Å²) in [6, 6.07) is 0. The van der Waals surface area contributed by atoms with Crippen LogP contribution in [0.15, 0.2) is 0 Å². The molecule has 0 aromatic heterocycles. The molecule has 1 heteroatoms. The number of hydrogen-bond donors (Lipinski definition) is 0. The predicted molar refractivity (Wildman–Crippen MR) is 77.3 cm³/mol. The van der Waals surface area contributed by atoms with E-state index in [2.05, 4.69) is 39.5 Å². The van der Waals surface area contributed by atoms with Crippen LogP contribution in [0.3, 0.4) is 0 Å². The molecule has 2 heterocycles. The van der Waals surface area contributed by atoms with E-state index in [1.165, 1.54) is 32.4 Å². The topological polar surface area (TPSA) is 3.24 Å². The van der Waals surface area contributed by atoms with Gasteiger partial charge < -0.3 is 0 Å². The summed E-state index contributed by atoms with van der Waals surface area (Å²) in [5.41, 5.74) is 1.06. The summed E-state index contributed by atoms with van der Waals surface area (Å²) >= 11 is 0. The van der Waals surface area contributed by atoms with Crippen LogP contribution < -0.4 is 0 Å². The molecule has 0 aromatic rings. The number of hydrogen-bond acceptors (Lipinski definition) is 1. The molecule has 0 saturated carbocycles. The highest BCUT2D eigenvalue weighted by molar-refractivity contribution is 5.11. The lowest BCUT2D eigenvalue weighted by Gasteiger charge is -2.44. The van der Waals surface area contributed by atoms with Crippen LogP contribution in [0.4, 0.5) is 0 Å². The van der Waals surface area contributed by atoms with Gasteiger partial charge in [0.2, 0.25) is 0 Å². The van der Waals surface area contributed by atoms with Gasteiger partial charge in [0.25, 0.3) is 0 Å². The van der Waals surface area contributed by atoms with Crippen molar-refractivity contribution in [1.82, 2.24) is 4.90 Å². The summed E-state index contributed by atoms with van der Waals surface area (Å²) in [6.45, 7) is 18.9. The second kappa shape index (κ2) is 5.30. The molecule has 102 valence electrons. The molecule has 2 aliphatic heterocycles. The molecule has 2 aliphatic rings. The largest absolute Gasteiger partial charge is 0.297 e. The standard InChI is InChI=1S/C14H27N.C2H6/c1-11(2)8-14-9-12(3)10-15(14)7-6-13(14,4)5;1-2/h11-12H,6-10H2,1-5H3;1-2H3/t12-,14+;/m0./s1. The van der Waals surface area contributed by atoms with E-state index in [1.807, 2.05) is 13.8 Å². The van der Waals surface area contributed by atoms with Gasteiger partial charge in [-0.15, -0.1) is 0 Å². The van der Waals surface area contributed by atoms with E-state index in [4.69, 9.17) is 0 Å². The van der Waals surface area contributed by atoms with Crippen LogP contribution >= 0.6 is 0 Å². The molecule has 1 nitrogen and oxygen atoms in total. The van der Waals surface area contributed by atoms with Crippen LogP contribution in [-0.2, 0) is 0 Å². The van der Waals surface area contributed by atoms with Gasteiger partial charge in [0, 0.05) is 12.1 Å². The van der Waals surface area contributed by atoms with Crippen molar-refractivity contribution in [1.29, 1.82) is 0 Å². The third kappa shape index (κ3) is 2.54. The van der Waals surface area contributed by atoms with Crippen molar-refractivity contribution in [3.05, 3.63) is 0 Å². The lowest BCUT2D eigenvalue weighted by molar-refractivity contribution is 0.0697. The van der Waals surface area contributed by atoms with Crippen molar-refractivity contribution < 1.29 is 0 Å². The first-order valence-electron chi connectivity index (χ1n) is 7.62. The fraction of sp³-hybridized carbons (Fsp3) is 1.00. The number of nitrogens with zero attached hydrogens (tertiary/aromatic N) is 1. The highest BCUT2D eigenvalue weighted by Crippen LogP contribution is 2.55. The first-order valence-corrected chi connectivity index (χ1v) is 7.62. The van der Waals surface area contributed by atoms with Crippen molar-refractivity contribution in [2.75, 3.05) is 13.1 Å². The Morgan fingerprint density at radius 1 is 1.24 bits per heavy atom. The zero-order chi connectivity index (χ0) is 13.3. The lowest BCUT2D eigenvalue weighted by atomic mass is 9.67. The fourth-order valence-corrected chi connectivity index (χ4v) is 4.14. The number of fused-ring (bicyclic) bond motifs is 1. The Kier molecular flexibility index (Phi) is 4.68. The molecule has 0 spiro atoms. The van der Waals surface area contributed by atoms with Gasteiger partial charge in [-0.3, -0.25) is 4.90 Å². The fourth-order valence-electron chi connectivity index (χ4n) is 4.14. The molecule has 2 fully saturated rings. The normalized spacial score (nSPS) is 35.6. The van der Waals surface area contributed by atoms with E-state index < -0.39 is 0 Å². The van der Waals surface area contributed by atoms with Gasteiger partial charge in [-0.05, 0) is 43.1 Å². The van der Waals surface area contributed by atoms with Gasteiger partial charge in [-0.25, -0.2) is 0 Å². The average Bonchev–Trinajstić information content (AvgIpc) is 2.65.